The Morgan fingerprint density at radius 3 is 2.52 bits per heavy atom. The van der Waals surface area contributed by atoms with Crippen molar-refractivity contribution in [2.75, 3.05) is 13.1 Å². The lowest BCUT2D eigenvalue weighted by Crippen LogP contribution is -2.34. The quantitative estimate of drug-likeness (QED) is 0.872. The second kappa shape index (κ2) is 6.60. The van der Waals surface area contributed by atoms with Gasteiger partial charge in [-0.3, -0.25) is 9.59 Å². The van der Waals surface area contributed by atoms with Crippen LogP contribution in [0.3, 0.4) is 0 Å². The Bertz CT molecular complexity index is 600. The summed E-state index contributed by atoms with van der Waals surface area (Å²) in [6.07, 6.45) is -4.24. The molecule has 1 aromatic rings. The molecule has 7 heteroatoms. The molecule has 0 spiro atoms. The predicted molar refractivity (Wildman–Crippen MR) is 76.8 cm³/mol. The lowest BCUT2D eigenvalue weighted by Gasteiger charge is -2.20. The highest BCUT2D eigenvalue weighted by molar-refractivity contribution is 5.83. The van der Waals surface area contributed by atoms with E-state index >= 15 is 0 Å². The fraction of sp³-hybridized carbons (Fsp3) is 0.500. The Morgan fingerprint density at radius 2 is 1.96 bits per heavy atom. The minimum atomic E-state index is -4.44. The Morgan fingerprint density at radius 1 is 1.30 bits per heavy atom. The number of hydrogen-bond acceptors (Lipinski definition) is 2. The van der Waals surface area contributed by atoms with Crippen LogP contribution >= 0.6 is 0 Å². The molecule has 1 aromatic carbocycles. The van der Waals surface area contributed by atoms with Crippen LogP contribution in [0.5, 0.6) is 0 Å². The molecule has 0 aromatic heterocycles. The van der Waals surface area contributed by atoms with Gasteiger partial charge in [0.2, 0.25) is 5.91 Å². The second-order valence-corrected chi connectivity index (χ2v) is 5.60. The van der Waals surface area contributed by atoms with Gasteiger partial charge in [-0.2, -0.15) is 13.2 Å². The number of alkyl halides is 3. The van der Waals surface area contributed by atoms with Crippen molar-refractivity contribution in [1.82, 2.24) is 4.90 Å². The number of carbonyl (C=O) groups is 2. The van der Waals surface area contributed by atoms with Gasteiger partial charge in [0.1, 0.15) is 0 Å². The first kappa shape index (κ1) is 17.3. The van der Waals surface area contributed by atoms with Crippen LogP contribution in [0.15, 0.2) is 24.3 Å². The first-order valence-corrected chi connectivity index (χ1v) is 7.42. The molecule has 1 N–H and O–H groups in total. The maximum Gasteiger partial charge on any atom is 0.416 e. The molecule has 0 aliphatic heterocycles. The second-order valence-electron chi connectivity index (χ2n) is 5.60. The van der Waals surface area contributed by atoms with E-state index in [0.717, 1.165) is 6.07 Å². The van der Waals surface area contributed by atoms with Crippen molar-refractivity contribution in [1.29, 1.82) is 0 Å². The summed E-state index contributed by atoms with van der Waals surface area (Å²) in [5.41, 5.74) is -0.554. The Labute approximate surface area is 131 Å². The number of hydrogen-bond donors (Lipinski definition) is 1. The van der Waals surface area contributed by atoms with Crippen LogP contribution in [0.2, 0.25) is 0 Å². The third-order valence-corrected chi connectivity index (χ3v) is 4.06. The van der Waals surface area contributed by atoms with Gasteiger partial charge in [0.25, 0.3) is 0 Å². The van der Waals surface area contributed by atoms with Crippen LogP contribution < -0.4 is 0 Å². The summed E-state index contributed by atoms with van der Waals surface area (Å²) in [6.45, 7) is 2.14. The van der Waals surface area contributed by atoms with Gasteiger partial charge < -0.3 is 10.0 Å². The number of carbonyl (C=O) groups excluding carboxylic acids is 1. The Hall–Kier alpha value is -2.05. The molecular weight excluding hydrogens is 311 g/mol. The van der Waals surface area contributed by atoms with E-state index in [2.05, 4.69) is 0 Å². The van der Waals surface area contributed by atoms with Gasteiger partial charge in [0.05, 0.1) is 12.0 Å². The fourth-order valence-corrected chi connectivity index (χ4v) is 2.78. The van der Waals surface area contributed by atoms with Crippen molar-refractivity contribution in [3.8, 4) is 0 Å². The highest BCUT2D eigenvalue weighted by Gasteiger charge is 2.48. The zero-order valence-corrected chi connectivity index (χ0v) is 12.6. The molecule has 0 saturated heterocycles. The third-order valence-electron chi connectivity index (χ3n) is 4.06. The lowest BCUT2D eigenvalue weighted by atomic mass is 10.0. The van der Waals surface area contributed by atoms with Crippen molar-refractivity contribution < 1.29 is 27.9 Å². The van der Waals surface area contributed by atoms with E-state index in [1.54, 1.807) is 6.92 Å². The summed E-state index contributed by atoms with van der Waals surface area (Å²) < 4.78 is 39.1. The summed E-state index contributed by atoms with van der Waals surface area (Å²) in [6, 6.07) is 5.30. The van der Waals surface area contributed by atoms with Crippen LogP contribution in [0, 0.1) is 5.92 Å². The molecule has 1 saturated carbocycles. The van der Waals surface area contributed by atoms with E-state index in [-0.39, 0.29) is 24.4 Å². The maximum absolute atomic E-state index is 13.0. The summed E-state index contributed by atoms with van der Waals surface area (Å²) in [5, 5.41) is 8.69. The molecule has 1 aliphatic rings. The minimum absolute atomic E-state index is 0.0782. The maximum atomic E-state index is 13.0. The molecule has 1 fully saturated rings. The molecule has 1 aliphatic carbocycles. The van der Waals surface area contributed by atoms with Gasteiger partial charge in [-0.25, -0.2) is 0 Å². The van der Waals surface area contributed by atoms with Crippen molar-refractivity contribution in [3.63, 3.8) is 0 Å². The van der Waals surface area contributed by atoms with Crippen molar-refractivity contribution >= 4 is 11.9 Å². The summed E-state index contributed by atoms with van der Waals surface area (Å²) in [4.78, 5) is 24.3. The zero-order valence-electron chi connectivity index (χ0n) is 12.6. The van der Waals surface area contributed by atoms with Gasteiger partial charge in [0, 0.05) is 19.0 Å². The molecule has 23 heavy (non-hydrogen) atoms. The van der Waals surface area contributed by atoms with E-state index in [1.165, 1.54) is 23.1 Å². The van der Waals surface area contributed by atoms with Crippen LogP contribution in [0.25, 0.3) is 0 Å². The highest BCUT2D eigenvalue weighted by Crippen LogP contribution is 2.51. The summed E-state index contributed by atoms with van der Waals surface area (Å²) in [5.74, 6) is -2.21. The monoisotopic (exact) mass is 329 g/mol. The molecule has 126 valence electrons. The van der Waals surface area contributed by atoms with E-state index in [9.17, 15) is 22.8 Å². The zero-order chi connectivity index (χ0) is 17.2. The van der Waals surface area contributed by atoms with Crippen LogP contribution in [0.1, 0.15) is 36.8 Å². The third kappa shape index (κ3) is 4.03. The molecule has 0 bridgehead atoms. The number of halogens is 3. The van der Waals surface area contributed by atoms with Gasteiger partial charge in [-0.1, -0.05) is 18.2 Å². The molecular formula is C16H18F3NO3. The van der Waals surface area contributed by atoms with E-state index < -0.39 is 29.5 Å². The normalized spacial score (nSPS) is 20.2. The number of nitrogens with zero attached hydrogens (tertiary/aromatic N) is 1. The smallest absolute Gasteiger partial charge is 0.416 e. The average Bonchev–Trinajstić information content (AvgIpc) is 3.27. The van der Waals surface area contributed by atoms with Gasteiger partial charge in [-0.15, -0.1) is 0 Å². The topological polar surface area (TPSA) is 57.6 Å². The fourth-order valence-electron chi connectivity index (χ4n) is 2.78. The number of aliphatic carboxylic acids is 1. The molecule has 0 heterocycles. The molecule has 0 radical (unpaired) electrons. The SMILES string of the molecule is CCN(CCC(=O)O)C(=O)C1CC1c1ccccc1C(F)(F)F. The first-order chi connectivity index (χ1) is 10.8. The van der Waals surface area contributed by atoms with Crippen molar-refractivity contribution in [2.24, 2.45) is 5.92 Å². The number of carboxylic acid groups (broad SMARTS) is 1. The number of carboxylic acids is 1. The van der Waals surface area contributed by atoms with Gasteiger partial charge >= 0.3 is 12.1 Å². The molecule has 2 unspecified atom stereocenters. The van der Waals surface area contributed by atoms with Crippen LogP contribution in [-0.4, -0.2) is 35.0 Å². The summed E-state index contributed by atoms with van der Waals surface area (Å²) in [7, 11) is 0. The standard InChI is InChI=1S/C16H18F3NO3/c1-2-20(8-7-14(21)22)15(23)12-9-11(12)10-5-3-4-6-13(10)16(17,18)19/h3-6,11-12H,2,7-9H2,1H3,(H,21,22). The highest BCUT2D eigenvalue weighted by atomic mass is 19.4. The minimum Gasteiger partial charge on any atom is -0.481 e. The largest absolute Gasteiger partial charge is 0.481 e. The van der Waals surface area contributed by atoms with E-state index in [0.29, 0.717) is 13.0 Å². The Kier molecular flexibility index (Phi) is 4.97. The van der Waals surface area contributed by atoms with Gasteiger partial charge in [-0.05, 0) is 30.9 Å². The van der Waals surface area contributed by atoms with Crippen molar-refractivity contribution in [3.05, 3.63) is 35.4 Å². The average molecular weight is 329 g/mol. The predicted octanol–water partition coefficient (Wildman–Crippen LogP) is 3.13. The number of benzene rings is 1. The first-order valence-electron chi connectivity index (χ1n) is 7.42. The lowest BCUT2D eigenvalue weighted by molar-refractivity contribution is -0.140. The molecule has 2 rings (SSSR count). The molecule has 2 atom stereocenters. The summed E-state index contributed by atoms with van der Waals surface area (Å²) >= 11 is 0. The molecule has 1 amide bonds. The van der Waals surface area contributed by atoms with E-state index in [1.807, 2.05) is 0 Å². The van der Waals surface area contributed by atoms with Crippen LogP contribution in [-0.2, 0) is 15.8 Å². The van der Waals surface area contributed by atoms with Crippen molar-refractivity contribution in [2.45, 2.75) is 31.9 Å². The number of rotatable bonds is 6. The van der Waals surface area contributed by atoms with Gasteiger partial charge in [0.15, 0.2) is 0 Å². The van der Waals surface area contributed by atoms with Crippen LogP contribution in [0.4, 0.5) is 13.2 Å². The Balaban J connectivity index is 2.10. The number of amides is 1. The van der Waals surface area contributed by atoms with E-state index in [4.69, 9.17) is 5.11 Å². The molecule has 4 nitrogen and oxygen atoms in total.